The summed E-state index contributed by atoms with van der Waals surface area (Å²) < 4.78 is 11.6. The average Bonchev–Trinajstić information content (AvgIpc) is 2.26. The SMILES string of the molecule is COC(C)C#CCOc1ccccc1I. The number of rotatable bonds is 3. The van der Waals surface area contributed by atoms with Crippen LogP contribution in [0.3, 0.4) is 0 Å². The molecule has 0 spiro atoms. The Bertz CT molecular complexity index is 365. The molecule has 0 fully saturated rings. The van der Waals surface area contributed by atoms with E-state index in [0.29, 0.717) is 6.61 Å². The van der Waals surface area contributed by atoms with Crippen molar-refractivity contribution < 1.29 is 9.47 Å². The summed E-state index contributed by atoms with van der Waals surface area (Å²) in [5.41, 5.74) is 0. The first-order chi connectivity index (χ1) is 7.24. The molecule has 0 radical (unpaired) electrons. The molecular weight excluding hydrogens is 303 g/mol. The minimum absolute atomic E-state index is 0.0385. The third-order valence-electron chi connectivity index (χ3n) is 1.80. The fourth-order valence-corrected chi connectivity index (χ4v) is 1.46. The van der Waals surface area contributed by atoms with Crippen LogP contribution in [0.5, 0.6) is 5.75 Å². The normalized spacial score (nSPS) is 11.4. The maximum atomic E-state index is 5.50. The molecule has 1 unspecified atom stereocenters. The third kappa shape index (κ3) is 4.54. The molecule has 0 aliphatic carbocycles. The van der Waals surface area contributed by atoms with E-state index in [9.17, 15) is 0 Å². The fraction of sp³-hybridized carbons (Fsp3) is 0.333. The zero-order valence-corrected chi connectivity index (χ0v) is 10.9. The molecule has 0 saturated carbocycles. The van der Waals surface area contributed by atoms with Crippen LogP contribution in [0.1, 0.15) is 6.92 Å². The monoisotopic (exact) mass is 316 g/mol. The molecule has 15 heavy (non-hydrogen) atoms. The second-order valence-electron chi connectivity index (χ2n) is 2.92. The highest BCUT2D eigenvalue weighted by molar-refractivity contribution is 14.1. The molecule has 0 aromatic heterocycles. The first-order valence-electron chi connectivity index (χ1n) is 4.62. The van der Waals surface area contributed by atoms with E-state index in [0.717, 1.165) is 9.32 Å². The highest BCUT2D eigenvalue weighted by atomic mass is 127. The van der Waals surface area contributed by atoms with Gasteiger partial charge >= 0.3 is 0 Å². The number of para-hydroxylation sites is 1. The van der Waals surface area contributed by atoms with Crippen LogP contribution < -0.4 is 4.74 Å². The lowest BCUT2D eigenvalue weighted by atomic mass is 10.3. The van der Waals surface area contributed by atoms with Gasteiger partial charge in [0.05, 0.1) is 3.57 Å². The van der Waals surface area contributed by atoms with Gasteiger partial charge in [0.2, 0.25) is 0 Å². The molecule has 0 heterocycles. The lowest BCUT2D eigenvalue weighted by molar-refractivity contribution is 0.163. The van der Waals surface area contributed by atoms with Crippen LogP contribution in [0.2, 0.25) is 0 Å². The Morgan fingerprint density at radius 1 is 1.40 bits per heavy atom. The molecule has 1 rings (SSSR count). The van der Waals surface area contributed by atoms with Gasteiger partial charge in [0.1, 0.15) is 18.5 Å². The summed E-state index contributed by atoms with van der Waals surface area (Å²) in [5, 5.41) is 0. The van der Waals surface area contributed by atoms with E-state index in [2.05, 4.69) is 34.4 Å². The number of benzene rings is 1. The van der Waals surface area contributed by atoms with Crippen LogP contribution >= 0.6 is 22.6 Å². The highest BCUT2D eigenvalue weighted by Gasteiger charge is 1.96. The van der Waals surface area contributed by atoms with E-state index in [1.807, 2.05) is 31.2 Å². The smallest absolute Gasteiger partial charge is 0.149 e. The van der Waals surface area contributed by atoms with Gasteiger partial charge in [-0.05, 0) is 41.6 Å². The molecule has 0 amide bonds. The molecule has 0 N–H and O–H groups in total. The van der Waals surface area contributed by atoms with Gasteiger partial charge in [0.15, 0.2) is 0 Å². The number of methoxy groups -OCH3 is 1. The maximum Gasteiger partial charge on any atom is 0.149 e. The molecule has 0 saturated heterocycles. The Hall–Kier alpha value is -0.730. The van der Waals surface area contributed by atoms with Crippen molar-refractivity contribution in [2.75, 3.05) is 13.7 Å². The van der Waals surface area contributed by atoms with Gasteiger partial charge in [-0.25, -0.2) is 0 Å². The summed E-state index contributed by atoms with van der Waals surface area (Å²) in [6.07, 6.45) is -0.0385. The minimum atomic E-state index is -0.0385. The number of halogens is 1. The molecule has 0 aliphatic rings. The Morgan fingerprint density at radius 2 is 2.13 bits per heavy atom. The van der Waals surface area contributed by atoms with Crippen molar-refractivity contribution in [1.29, 1.82) is 0 Å². The van der Waals surface area contributed by atoms with Crippen molar-refractivity contribution in [3.05, 3.63) is 27.8 Å². The zero-order valence-electron chi connectivity index (χ0n) is 8.79. The Kier molecular flexibility index (Phi) is 5.51. The first kappa shape index (κ1) is 12.3. The van der Waals surface area contributed by atoms with Crippen molar-refractivity contribution in [3.8, 4) is 17.6 Å². The lowest BCUT2D eigenvalue weighted by Gasteiger charge is -2.03. The molecule has 0 bridgehead atoms. The summed E-state index contributed by atoms with van der Waals surface area (Å²) in [6.45, 7) is 2.30. The van der Waals surface area contributed by atoms with Gasteiger partial charge < -0.3 is 9.47 Å². The summed E-state index contributed by atoms with van der Waals surface area (Å²) in [6, 6.07) is 7.86. The molecule has 2 nitrogen and oxygen atoms in total. The first-order valence-corrected chi connectivity index (χ1v) is 5.70. The van der Waals surface area contributed by atoms with E-state index >= 15 is 0 Å². The van der Waals surface area contributed by atoms with Gasteiger partial charge in [0, 0.05) is 7.11 Å². The molecule has 80 valence electrons. The predicted octanol–water partition coefficient (Wildman–Crippen LogP) is 2.71. The van der Waals surface area contributed by atoms with Crippen LogP contribution in [0.4, 0.5) is 0 Å². The minimum Gasteiger partial charge on any atom is -0.480 e. The summed E-state index contributed by atoms with van der Waals surface area (Å²) in [7, 11) is 1.64. The van der Waals surface area contributed by atoms with Gasteiger partial charge in [-0.2, -0.15) is 0 Å². The van der Waals surface area contributed by atoms with E-state index in [1.54, 1.807) is 7.11 Å². The van der Waals surface area contributed by atoms with Crippen molar-refractivity contribution in [1.82, 2.24) is 0 Å². The van der Waals surface area contributed by atoms with Gasteiger partial charge in [-0.15, -0.1) is 0 Å². The lowest BCUT2D eigenvalue weighted by Crippen LogP contribution is -2.01. The van der Waals surface area contributed by atoms with Gasteiger partial charge in [-0.1, -0.05) is 24.0 Å². The Labute approximate surface area is 104 Å². The van der Waals surface area contributed by atoms with Crippen LogP contribution in [-0.2, 0) is 4.74 Å². The van der Waals surface area contributed by atoms with E-state index in [4.69, 9.17) is 9.47 Å². The topological polar surface area (TPSA) is 18.5 Å². The average molecular weight is 316 g/mol. The largest absolute Gasteiger partial charge is 0.480 e. The zero-order chi connectivity index (χ0) is 11.1. The van der Waals surface area contributed by atoms with Crippen molar-refractivity contribution in [2.24, 2.45) is 0 Å². The Morgan fingerprint density at radius 3 is 2.80 bits per heavy atom. The molecule has 3 heteroatoms. The molecule has 0 aliphatic heterocycles. The van der Waals surface area contributed by atoms with Gasteiger partial charge in [0.25, 0.3) is 0 Å². The van der Waals surface area contributed by atoms with Gasteiger partial charge in [-0.3, -0.25) is 0 Å². The summed E-state index contributed by atoms with van der Waals surface area (Å²) in [5.74, 6) is 6.71. The maximum absolute atomic E-state index is 5.50. The van der Waals surface area contributed by atoms with Crippen LogP contribution in [0, 0.1) is 15.4 Å². The third-order valence-corrected chi connectivity index (χ3v) is 2.69. The number of hydrogen-bond acceptors (Lipinski definition) is 2. The van der Waals surface area contributed by atoms with Crippen molar-refractivity contribution in [2.45, 2.75) is 13.0 Å². The number of hydrogen-bond donors (Lipinski definition) is 0. The summed E-state index contributed by atoms with van der Waals surface area (Å²) in [4.78, 5) is 0. The second kappa shape index (κ2) is 6.70. The molecule has 1 aromatic carbocycles. The van der Waals surface area contributed by atoms with E-state index < -0.39 is 0 Å². The number of ether oxygens (including phenoxy) is 2. The highest BCUT2D eigenvalue weighted by Crippen LogP contribution is 2.19. The quantitative estimate of drug-likeness (QED) is 0.631. The molecule has 1 atom stereocenters. The second-order valence-corrected chi connectivity index (χ2v) is 4.08. The van der Waals surface area contributed by atoms with E-state index in [-0.39, 0.29) is 6.10 Å². The summed E-state index contributed by atoms with van der Waals surface area (Å²) >= 11 is 2.24. The van der Waals surface area contributed by atoms with E-state index in [1.165, 1.54) is 0 Å². The predicted molar refractivity (Wildman–Crippen MR) is 68.9 cm³/mol. The Balaban J connectivity index is 2.43. The van der Waals surface area contributed by atoms with Crippen molar-refractivity contribution >= 4 is 22.6 Å². The fourth-order valence-electron chi connectivity index (χ4n) is 0.920. The molecular formula is C12H13IO2. The van der Waals surface area contributed by atoms with Crippen LogP contribution in [0.25, 0.3) is 0 Å². The van der Waals surface area contributed by atoms with Crippen molar-refractivity contribution in [3.63, 3.8) is 0 Å². The molecule has 1 aromatic rings. The standard InChI is InChI=1S/C12H13IO2/c1-10(14-2)6-5-9-15-12-8-4-3-7-11(12)13/h3-4,7-8,10H,9H2,1-2H3. The van der Waals surface area contributed by atoms with Crippen LogP contribution in [-0.4, -0.2) is 19.8 Å². The van der Waals surface area contributed by atoms with Crippen LogP contribution in [0.15, 0.2) is 24.3 Å².